The van der Waals surface area contributed by atoms with Crippen LogP contribution in [0.25, 0.3) is 11.3 Å². The smallest absolute Gasteiger partial charge is 0.351 e. The maximum absolute atomic E-state index is 12.1. The standard InChI is InChI=1S/C17H16O6/c1-3-20-15(18)12-9-11-14(23-16(12)19)10-7-5-6-8-13(10)22-17(11)21-4-2/h5-9,17H,3-4H2,1-2H3. The zero-order chi connectivity index (χ0) is 16.4. The number of ether oxygens (including phenoxy) is 3. The van der Waals surface area contributed by atoms with Gasteiger partial charge in [-0.15, -0.1) is 0 Å². The van der Waals surface area contributed by atoms with Crippen LogP contribution in [0.4, 0.5) is 0 Å². The van der Waals surface area contributed by atoms with Crippen molar-refractivity contribution >= 4 is 5.97 Å². The summed E-state index contributed by atoms with van der Waals surface area (Å²) in [7, 11) is 0. The van der Waals surface area contributed by atoms with E-state index in [4.69, 9.17) is 18.6 Å². The van der Waals surface area contributed by atoms with Crippen molar-refractivity contribution in [2.75, 3.05) is 13.2 Å². The molecule has 3 rings (SSSR count). The molecule has 1 unspecified atom stereocenters. The lowest BCUT2D eigenvalue weighted by Gasteiger charge is -2.27. The Hall–Kier alpha value is -2.60. The van der Waals surface area contributed by atoms with E-state index in [9.17, 15) is 9.59 Å². The summed E-state index contributed by atoms with van der Waals surface area (Å²) in [6.07, 6.45) is -0.748. The van der Waals surface area contributed by atoms with Crippen molar-refractivity contribution in [3.05, 3.63) is 51.9 Å². The SMILES string of the molecule is CCOC(=O)c1cc2c(oc1=O)-c1ccccc1OC2OCC. The van der Waals surface area contributed by atoms with Crippen LogP contribution in [0.3, 0.4) is 0 Å². The molecule has 1 aliphatic heterocycles. The molecular weight excluding hydrogens is 300 g/mol. The Morgan fingerprint density at radius 2 is 2.00 bits per heavy atom. The van der Waals surface area contributed by atoms with E-state index in [0.29, 0.717) is 29.2 Å². The zero-order valence-corrected chi connectivity index (χ0v) is 12.8. The van der Waals surface area contributed by atoms with Crippen molar-refractivity contribution in [2.45, 2.75) is 20.1 Å². The molecule has 2 heterocycles. The van der Waals surface area contributed by atoms with Gasteiger partial charge in [-0.2, -0.15) is 0 Å². The molecule has 23 heavy (non-hydrogen) atoms. The first-order valence-electron chi connectivity index (χ1n) is 7.38. The summed E-state index contributed by atoms with van der Waals surface area (Å²) in [6.45, 7) is 4.07. The van der Waals surface area contributed by atoms with Crippen LogP contribution >= 0.6 is 0 Å². The molecule has 1 aromatic carbocycles. The van der Waals surface area contributed by atoms with Gasteiger partial charge in [0.1, 0.15) is 11.3 Å². The lowest BCUT2D eigenvalue weighted by atomic mass is 10.0. The van der Waals surface area contributed by atoms with Crippen LogP contribution in [0.2, 0.25) is 0 Å². The Balaban J connectivity index is 2.17. The lowest BCUT2D eigenvalue weighted by molar-refractivity contribution is -0.0814. The summed E-state index contributed by atoms with van der Waals surface area (Å²) < 4.78 is 21.6. The van der Waals surface area contributed by atoms with Crippen LogP contribution < -0.4 is 10.4 Å². The van der Waals surface area contributed by atoms with Gasteiger partial charge in [0.15, 0.2) is 5.76 Å². The monoisotopic (exact) mass is 316 g/mol. The first-order chi connectivity index (χ1) is 11.2. The van der Waals surface area contributed by atoms with Gasteiger partial charge in [0.25, 0.3) is 0 Å². The predicted octanol–water partition coefficient (Wildman–Crippen LogP) is 2.91. The number of hydrogen-bond acceptors (Lipinski definition) is 6. The van der Waals surface area contributed by atoms with Crippen LogP contribution in [0, 0.1) is 0 Å². The minimum atomic E-state index is -0.748. The summed E-state index contributed by atoms with van der Waals surface area (Å²) in [4.78, 5) is 24.0. The quantitative estimate of drug-likeness (QED) is 0.807. The molecule has 6 nitrogen and oxygen atoms in total. The molecule has 1 aromatic heterocycles. The highest BCUT2D eigenvalue weighted by molar-refractivity contribution is 5.89. The van der Waals surface area contributed by atoms with Crippen molar-refractivity contribution in [1.82, 2.24) is 0 Å². The van der Waals surface area contributed by atoms with Gasteiger partial charge in [0.05, 0.1) is 17.7 Å². The van der Waals surface area contributed by atoms with Crippen LogP contribution in [-0.2, 0) is 9.47 Å². The van der Waals surface area contributed by atoms with Crippen molar-refractivity contribution in [3.63, 3.8) is 0 Å². The minimum absolute atomic E-state index is 0.168. The van der Waals surface area contributed by atoms with Crippen LogP contribution in [0.1, 0.15) is 36.1 Å². The fourth-order valence-corrected chi connectivity index (χ4v) is 2.43. The van der Waals surface area contributed by atoms with Crippen LogP contribution in [0.15, 0.2) is 39.5 Å². The lowest BCUT2D eigenvalue weighted by Crippen LogP contribution is -2.23. The second-order valence-electron chi connectivity index (χ2n) is 4.85. The highest BCUT2D eigenvalue weighted by atomic mass is 16.7. The molecule has 1 aliphatic rings. The van der Waals surface area contributed by atoms with Gasteiger partial charge < -0.3 is 18.6 Å². The van der Waals surface area contributed by atoms with Gasteiger partial charge >= 0.3 is 11.6 Å². The zero-order valence-electron chi connectivity index (χ0n) is 12.8. The predicted molar refractivity (Wildman–Crippen MR) is 81.4 cm³/mol. The number of carbonyl (C=O) groups is 1. The van der Waals surface area contributed by atoms with Gasteiger partial charge in [0, 0.05) is 6.61 Å². The fraction of sp³-hybridized carbons (Fsp3) is 0.294. The molecule has 0 N–H and O–H groups in total. The van der Waals surface area contributed by atoms with Crippen molar-refractivity contribution in [2.24, 2.45) is 0 Å². The second-order valence-corrected chi connectivity index (χ2v) is 4.85. The van der Waals surface area contributed by atoms with Crippen molar-refractivity contribution in [3.8, 4) is 17.1 Å². The normalized spacial score (nSPS) is 15.3. The fourth-order valence-electron chi connectivity index (χ4n) is 2.43. The summed E-state index contributed by atoms with van der Waals surface area (Å²) >= 11 is 0. The summed E-state index contributed by atoms with van der Waals surface area (Å²) in [5, 5.41) is 0. The first kappa shape index (κ1) is 15.3. The number of fused-ring (bicyclic) bond motifs is 3. The van der Waals surface area contributed by atoms with E-state index in [1.54, 1.807) is 19.1 Å². The third-order valence-corrected chi connectivity index (χ3v) is 3.41. The molecule has 0 spiro atoms. The number of esters is 1. The molecule has 6 heteroatoms. The van der Waals surface area contributed by atoms with E-state index in [1.165, 1.54) is 6.07 Å². The Kier molecular flexibility index (Phi) is 4.16. The third-order valence-electron chi connectivity index (χ3n) is 3.41. The molecule has 0 saturated heterocycles. The summed E-state index contributed by atoms with van der Waals surface area (Å²) in [5.74, 6) is 0.187. The molecule has 0 amide bonds. The maximum Gasteiger partial charge on any atom is 0.351 e. The average Bonchev–Trinajstić information content (AvgIpc) is 2.55. The Morgan fingerprint density at radius 3 is 2.74 bits per heavy atom. The topological polar surface area (TPSA) is 75.0 Å². The number of hydrogen-bond donors (Lipinski definition) is 0. The second kappa shape index (κ2) is 6.26. The van der Waals surface area contributed by atoms with Crippen molar-refractivity contribution in [1.29, 1.82) is 0 Å². The molecule has 0 saturated carbocycles. The number of benzene rings is 1. The maximum atomic E-state index is 12.1. The molecule has 0 bridgehead atoms. The van der Waals surface area contributed by atoms with E-state index in [1.807, 2.05) is 19.1 Å². The highest BCUT2D eigenvalue weighted by Crippen LogP contribution is 2.42. The molecule has 120 valence electrons. The summed E-state index contributed by atoms with van der Waals surface area (Å²) in [6, 6.07) is 8.60. The Morgan fingerprint density at radius 1 is 1.22 bits per heavy atom. The minimum Gasteiger partial charge on any atom is -0.462 e. The first-order valence-corrected chi connectivity index (χ1v) is 7.38. The van der Waals surface area contributed by atoms with Gasteiger partial charge in [0.2, 0.25) is 6.29 Å². The number of rotatable bonds is 4. The molecule has 0 fully saturated rings. The Labute approximate surface area is 132 Å². The van der Waals surface area contributed by atoms with Gasteiger partial charge in [-0.25, -0.2) is 9.59 Å². The largest absolute Gasteiger partial charge is 0.462 e. The Bertz CT molecular complexity index is 792. The van der Waals surface area contributed by atoms with Gasteiger partial charge in [-0.1, -0.05) is 12.1 Å². The average molecular weight is 316 g/mol. The number of carbonyl (C=O) groups excluding carboxylic acids is 1. The molecule has 0 radical (unpaired) electrons. The van der Waals surface area contributed by atoms with E-state index in [-0.39, 0.29) is 12.2 Å². The van der Waals surface area contributed by atoms with E-state index in [2.05, 4.69) is 0 Å². The van der Waals surface area contributed by atoms with Crippen LogP contribution in [0.5, 0.6) is 5.75 Å². The van der Waals surface area contributed by atoms with E-state index < -0.39 is 17.9 Å². The van der Waals surface area contributed by atoms with Crippen LogP contribution in [-0.4, -0.2) is 19.2 Å². The van der Waals surface area contributed by atoms with E-state index >= 15 is 0 Å². The van der Waals surface area contributed by atoms with Gasteiger partial charge in [-0.05, 0) is 32.0 Å². The van der Waals surface area contributed by atoms with E-state index in [0.717, 1.165) is 0 Å². The molecule has 1 atom stereocenters. The molecule has 2 aromatic rings. The molecular formula is C17H16O6. The highest BCUT2D eigenvalue weighted by Gasteiger charge is 2.31. The van der Waals surface area contributed by atoms with Crippen molar-refractivity contribution < 1.29 is 23.4 Å². The molecule has 0 aliphatic carbocycles. The number of para-hydroxylation sites is 1. The van der Waals surface area contributed by atoms with Gasteiger partial charge in [-0.3, -0.25) is 0 Å². The third kappa shape index (κ3) is 2.73. The summed E-state index contributed by atoms with van der Waals surface area (Å²) in [5.41, 5.74) is 0.228.